The van der Waals surface area contributed by atoms with Crippen LogP contribution in [-0.2, 0) is 9.05 Å². The lowest BCUT2D eigenvalue weighted by Crippen LogP contribution is -2.39. The Balaban J connectivity index is 3.72. The Hall–Kier alpha value is 0.270. The minimum absolute atomic E-state index is 0.533. The largest absolute Gasteiger partial charge is 0.326 e. The number of hydrogen-bond donors (Lipinski definition) is 1. The van der Waals surface area contributed by atoms with Crippen molar-refractivity contribution in [3.8, 4) is 0 Å². The summed E-state index contributed by atoms with van der Waals surface area (Å²) in [4.78, 5) is 2.36. The average molecular weight is 222 g/mol. The van der Waals surface area contributed by atoms with E-state index in [0.29, 0.717) is 18.7 Å². The first-order valence-corrected chi connectivity index (χ1v) is 6.21. The van der Waals surface area contributed by atoms with Gasteiger partial charge in [-0.05, 0) is 27.7 Å². The Kier molecular flexibility index (Phi) is 7.69. The molecule has 0 aromatic rings. The monoisotopic (exact) mass is 222 g/mol. The van der Waals surface area contributed by atoms with E-state index in [2.05, 4.69) is 32.6 Å². The van der Waals surface area contributed by atoms with Crippen molar-refractivity contribution in [3.05, 3.63) is 0 Å². The van der Waals surface area contributed by atoms with E-state index in [-0.39, 0.29) is 0 Å². The van der Waals surface area contributed by atoms with Crippen molar-refractivity contribution in [1.29, 1.82) is 0 Å². The molecule has 14 heavy (non-hydrogen) atoms. The molecule has 4 nitrogen and oxygen atoms in total. The molecule has 2 N–H and O–H groups in total. The zero-order valence-corrected chi connectivity index (χ0v) is 10.8. The topological polar surface area (TPSA) is 47.7 Å². The summed E-state index contributed by atoms with van der Waals surface area (Å²) >= 11 is 0. The molecule has 0 fully saturated rings. The van der Waals surface area contributed by atoms with E-state index in [1.807, 2.05) is 0 Å². The summed E-state index contributed by atoms with van der Waals surface area (Å²) < 4.78 is 10.2. The molecule has 0 saturated carbocycles. The van der Waals surface area contributed by atoms with E-state index in [1.54, 1.807) is 7.11 Å². The van der Waals surface area contributed by atoms with Gasteiger partial charge in [0.2, 0.25) is 0 Å². The standard InChI is InChI=1S/C9H23N2O2P/c1-8(2)11(9(3)4)6-7-13-14(10)12-5/h8-9H,6-7,10H2,1-5H3. The van der Waals surface area contributed by atoms with Crippen LogP contribution in [-0.4, -0.2) is 37.2 Å². The van der Waals surface area contributed by atoms with Gasteiger partial charge < -0.3 is 9.05 Å². The van der Waals surface area contributed by atoms with Crippen LogP contribution in [0.25, 0.3) is 0 Å². The van der Waals surface area contributed by atoms with Crippen molar-refractivity contribution in [2.75, 3.05) is 20.3 Å². The summed E-state index contributed by atoms with van der Waals surface area (Å²) in [6, 6.07) is 1.07. The number of nitrogens with zero attached hydrogens (tertiary/aromatic N) is 1. The fourth-order valence-electron chi connectivity index (χ4n) is 1.40. The van der Waals surface area contributed by atoms with E-state index in [1.165, 1.54) is 0 Å². The van der Waals surface area contributed by atoms with Crippen molar-refractivity contribution in [2.45, 2.75) is 39.8 Å². The SMILES string of the molecule is COP(N)OCCN(C(C)C)C(C)C. The van der Waals surface area contributed by atoms with Gasteiger partial charge in [0.15, 0.2) is 0 Å². The second-order valence-corrected chi connectivity index (χ2v) is 4.92. The Morgan fingerprint density at radius 1 is 1.21 bits per heavy atom. The van der Waals surface area contributed by atoms with Crippen LogP contribution in [0.15, 0.2) is 0 Å². The zero-order valence-electron chi connectivity index (χ0n) is 9.86. The van der Waals surface area contributed by atoms with E-state index >= 15 is 0 Å². The third-order valence-corrected chi connectivity index (χ3v) is 2.87. The average Bonchev–Trinajstić information content (AvgIpc) is 2.10. The highest BCUT2D eigenvalue weighted by atomic mass is 31.2. The van der Waals surface area contributed by atoms with Gasteiger partial charge in [-0.15, -0.1) is 0 Å². The molecule has 5 heteroatoms. The smallest absolute Gasteiger partial charge is 0.252 e. The summed E-state index contributed by atoms with van der Waals surface area (Å²) in [6.07, 6.45) is 0. The van der Waals surface area contributed by atoms with Gasteiger partial charge in [0.25, 0.3) is 8.53 Å². The second kappa shape index (κ2) is 7.55. The first kappa shape index (κ1) is 14.3. The van der Waals surface area contributed by atoms with Crippen molar-refractivity contribution < 1.29 is 9.05 Å². The van der Waals surface area contributed by atoms with Gasteiger partial charge in [0.05, 0.1) is 6.61 Å². The maximum atomic E-state index is 5.51. The molecule has 1 atom stereocenters. The zero-order chi connectivity index (χ0) is 11.1. The fraction of sp³-hybridized carbons (Fsp3) is 1.00. The summed E-state index contributed by atoms with van der Waals surface area (Å²) in [6.45, 7) is 10.3. The van der Waals surface area contributed by atoms with E-state index < -0.39 is 8.53 Å². The van der Waals surface area contributed by atoms with Crippen LogP contribution in [0, 0.1) is 0 Å². The minimum atomic E-state index is -1.17. The second-order valence-electron chi connectivity index (χ2n) is 3.73. The molecule has 1 unspecified atom stereocenters. The lowest BCUT2D eigenvalue weighted by molar-refractivity contribution is 0.140. The predicted octanol–water partition coefficient (Wildman–Crippen LogP) is 1.95. The lowest BCUT2D eigenvalue weighted by atomic mass is 10.2. The van der Waals surface area contributed by atoms with E-state index in [0.717, 1.165) is 6.54 Å². The summed E-state index contributed by atoms with van der Waals surface area (Å²) in [5.74, 6) is 0. The van der Waals surface area contributed by atoms with Gasteiger partial charge in [-0.2, -0.15) is 0 Å². The third-order valence-electron chi connectivity index (χ3n) is 2.07. The van der Waals surface area contributed by atoms with Crippen LogP contribution in [0.4, 0.5) is 0 Å². The van der Waals surface area contributed by atoms with Crippen molar-refractivity contribution in [3.63, 3.8) is 0 Å². The van der Waals surface area contributed by atoms with Crippen LogP contribution < -0.4 is 5.50 Å². The van der Waals surface area contributed by atoms with Gasteiger partial charge in [-0.25, -0.2) is 0 Å². The maximum Gasteiger partial charge on any atom is 0.252 e. The number of rotatable bonds is 7. The van der Waals surface area contributed by atoms with Crippen LogP contribution in [0.3, 0.4) is 0 Å². The summed E-state index contributed by atoms with van der Waals surface area (Å²) in [7, 11) is 0.390. The van der Waals surface area contributed by atoms with Crippen LogP contribution >= 0.6 is 8.53 Å². The van der Waals surface area contributed by atoms with Crippen LogP contribution in [0.1, 0.15) is 27.7 Å². The molecule has 0 amide bonds. The predicted molar refractivity (Wildman–Crippen MR) is 61.0 cm³/mol. The Morgan fingerprint density at radius 3 is 2.07 bits per heavy atom. The fourth-order valence-corrected chi connectivity index (χ4v) is 1.77. The van der Waals surface area contributed by atoms with E-state index in [4.69, 9.17) is 14.6 Å². The van der Waals surface area contributed by atoms with Crippen LogP contribution in [0.2, 0.25) is 0 Å². The number of hydrogen-bond acceptors (Lipinski definition) is 4. The molecule has 0 aliphatic carbocycles. The maximum absolute atomic E-state index is 5.51. The van der Waals surface area contributed by atoms with E-state index in [9.17, 15) is 0 Å². The Bertz CT molecular complexity index is 137. The molecule has 0 rings (SSSR count). The van der Waals surface area contributed by atoms with Gasteiger partial charge in [0, 0.05) is 25.7 Å². The minimum Gasteiger partial charge on any atom is -0.326 e. The Labute approximate surface area is 88.7 Å². The molecule has 86 valence electrons. The molecule has 0 saturated heterocycles. The Morgan fingerprint density at radius 2 is 1.71 bits per heavy atom. The number of nitrogens with two attached hydrogens (primary N) is 1. The molecule has 0 aliphatic rings. The molecule has 0 aromatic carbocycles. The molecule has 0 heterocycles. The van der Waals surface area contributed by atoms with Gasteiger partial charge in [-0.3, -0.25) is 10.4 Å². The van der Waals surface area contributed by atoms with Crippen molar-refractivity contribution in [2.24, 2.45) is 5.50 Å². The third kappa shape index (κ3) is 5.89. The quantitative estimate of drug-likeness (QED) is 0.669. The molecular formula is C9H23N2O2P. The van der Waals surface area contributed by atoms with Crippen LogP contribution in [0.5, 0.6) is 0 Å². The first-order valence-electron chi connectivity index (χ1n) is 4.96. The van der Waals surface area contributed by atoms with Gasteiger partial charge in [0.1, 0.15) is 0 Å². The molecule has 0 radical (unpaired) electrons. The summed E-state index contributed by atoms with van der Waals surface area (Å²) in [5, 5.41) is 0. The highest BCUT2D eigenvalue weighted by molar-refractivity contribution is 7.44. The molecule has 0 aliphatic heterocycles. The lowest BCUT2D eigenvalue weighted by Gasteiger charge is -2.30. The van der Waals surface area contributed by atoms with Crippen molar-refractivity contribution in [1.82, 2.24) is 4.90 Å². The molecular weight excluding hydrogens is 199 g/mol. The normalized spacial score (nSPS) is 14.4. The summed E-state index contributed by atoms with van der Waals surface area (Å²) in [5.41, 5.74) is 5.51. The molecule has 0 spiro atoms. The first-order chi connectivity index (χ1) is 6.49. The highest BCUT2D eigenvalue weighted by Gasteiger charge is 2.13. The van der Waals surface area contributed by atoms with Crippen molar-refractivity contribution >= 4 is 8.53 Å². The molecule has 0 bridgehead atoms. The molecule has 0 aromatic heterocycles. The van der Waals surface area contributed by atoms with Gasteiger partial charge in [-0.1, -0.05) is 0 Å². The highest BCUT2D eigenvalue weighted by Crippen LogP contribution is 2.26. The van der Waals surface area contributed by atoms with Gasteiger partial charge >= 0.3 is 0 Å².